The van der Waals surface area contributed by atoms with Gasteiger partial charge in [-0.1, -0.05) is 12.1 Å². The minimum atomic E-state index is -4.39. The minimum Gasteiger partial charge on any atom is -0.493 e. The fourth-order valence-electron chi connectivity index (χ4n) is 5.78. The van der Waals surface area contributed by atoms with Crippen LogP contribution in [0.1, 0.15) is 16.1 Å². The van der Waals surface area contributed by atoms with E-state index in [-0.39, 0.29) is 33.9 Å². The highest BCUT2D eigenvalue weighted by Gasteiger charge is 2.28. The van der Waals surface area contributed by atoms with Gasteiger partial charge in [-0.15, -0.1) is 0 Å². The van der Waals surface area contributed by atoms with Crippen molar-refractivity contribution in [1.29, 1.82) is 0 Å². The van der Waals surface area contributed by atoms with Crippen LogP contribution in [0, 0.1) is 0 Å². The van der Waals surface area contributed by atoms with Crippen molar-refractivity contribution < 1.29 is 45.3 Å². The fraction of sp³-hybridized carbons (Fsp3) is 0.278. The summed E-state index contributed by atoms with van der Waals surface area (Å²) in [6, 6.07) is 21.2. The highest BCUT2D eigenvalue weighted by Crippen LogP contribution is 2.31. The third-order valence-electron chi connectivity index (χ3n) is 8.50. The van der Waals surface area contributed by atoms with Gasteiger partial charge >= 0.3 is 6.18 Å². The lowest BCUT2D eigenvalue weighted by atomic mass is 10.2. The number of anilines is 1. The van der Waals surface area contributed by atoms with Crippen LogP contribution in [-0.2, 0) is 23.6 Å². The summed E-state index contributed by atoms with van der Waals surface area (Å²) in [6.45, 7) is 1.60. The van der Waals surface area contributed by atoms with Gasteiger partial charge in [0.15, 0.2) is 18.1 Å². The number of methoxy groups -OCH3 is 2. The largest absolute Gasteiger partial charge is 0.493 e. The van der Waals surface area contributed by atoms with Crippen molar-refractivity contribution in [2.24, 2.45) is 7.05 Å². The lowest BCUT2D eigenvalue weighted by Gasteiger charge is -2.34. The maximum Gasteiger partial charge on any atom is 0.422 e. The number of nitrogens with zero attached hydrogens (tertiary/aromatic N) is 4. The molecule has 0 saturated carbocycles. The number of nitrogens with one attached hydrogen (secondary N) is 1. The van der Waals surface area contributed by atoms with Crippen molar-refractivity contribution in [3.05, 3.63) is 96.3 Å². The second kappa shape index (κ2) is 15.0. The standard InChI is InChI=1S/C36H36F3N5O7S/c1-42-30-19-28(51-34-13-7-26(21-40-34)41-52(46,47)29-11-12-32(48-2)33(20-29)49-3)10-6-25(30)18-31(42)35(45)44-16-14-43(15-17-44)22-24-4-8-27(9-5-24)50-23-36(37,38)39/h4-13,18-21,41H,14-17,22-23H2,1-3H3. The van der Waals surface area contributed by atoms with Gasteiger partial charge in [0.25, 0.3) is 15.9 Å². The summed E-state index contributed by atoms with van der Waals surface area (Å²) >= 11 is 0. The molecule has 16 heteroatoms. The first-order chi connectivity index (χ1) is 24.8. The number of hydrogen-bond donors (Lipinski definition) is 1. The monoisotopic (exact) mass is 739 g/mol. The van der Waals surface area contributed by atoms with Crippen LogP contribution < -0.4 is 23.7 Å². The van der Waals surface area contributed by atoms with E-state index in [1.54, 1.807) is 35.2 Å². The second-order valence-corrected chi connectivity index (χ2v) is 13.7. The highest BCUT2D eigenvalue weighted by atomic mass is 32.2. The van der Waals surface area contributed by atoms with Crippen molar-refractivity contribution in [3.8, 4) is 28.9 Å². The van der Waals surface area contributed by atoms with Crippen LogP contribution in [0.15, 0.2) is 90.0 Å². The number of aromatic nitrogens is 2. The summed E-state index contributed by atoms with van der Waals surface area (Å²) in [5, 5.41) is 0.854. The van der Waals surface area contributed by atoms with E-state index in [0.29, 0.717) is 49.9 Å². The van der Waals surface area contributed by atoms with E-state index < -0.39 is 22.8 Å². The van der Waals surface area contributed by atoms with Gasteiger partial charge in [0.05, 0.1) is 36.5 Å². The molecule has 1 amide bonds. The predicted molar refractivity (Wildman–Crippen MR) is 187 cm³/mol. The minimum absolute atomic E-state index is 0.00966. The molecule has 1 fully saturated rings. The van der Waals surface area contributed by atoms with Crippen LogP contribution in [0.3, 0.4) is 0 Å². The van der Waals surface area contributed by atoms with Crippen LogP contribution >= 0.6 is 0 Å². The van der Waals surface area contributed by atoms with Crippen molar-refractivity contribution in [2.75, 3.05) is 51.7 Å². The number of carbonyl (C=O) groups excluding carboxylic acids is 1. The molecule has 0 unspecified atom stereocenters. The summed E-state index contributed by atoms with van der Waals surface area (Å²) in [4.78, 5) is 21.8. The average molecular weight is 740 g/mol. The summed E-state index contributed by atoms with van der Waals surface area (Å²) in [6.07, 6.45) is -3.05. The third-order valence-corrected chi connectivity index (χ3v) is 9.88. The normalized spacial score (nSPS) is 13.9. The molecule has 0 radical (unpaired) electrons. The van der Waals surface area contributed by atoms with E-state index in [1.807, 2.05) is 23.7 Å². The number of piperazine rings is 1. The van der Waals surface area contributed by atoms with Crippen LogP contribution in [0.25, 0.3) is 10.9 Å². The number of sulfonamides is 1. The zero-order chi connectivity index (χ0) is 37.0. The first-order valence-corrected chi connectivity index (χ1v) is 17.6. The average Bonchev–Trinajstić information content (AvgIpc) is 3.46. The Morgan fingerprint density at radius 2 is 1.58 bits per heavy atom. The zero-order valence-electron chi connectivity index (χ0n) is 28.5. The van der Waals surface area contributed by atoms with Gasteiger partial charge < -0.3 is 28.4 Å². The van der Waals surface area contributed by atoms with Crippen LogP contribution in [0.5, 0.6) is 28.9 Å². The van der Waals surface area contributed by atoms with E-state index in [9.17, 15) is 26.4 Å². The Morgan fingerprint density at radius 3 is 2.23 bits per heavy atom. The van der Waals surface area contributed by atoms with E-state index in [1.165, 1.54) is 56.8 Å². The van der Waals surface area contributed by atoms with E-state index >= 15 is 0 Å². The Morgan fingerprint density at radius 1 is 0.865 bits per heavy atom. The number of ether oxygens (including phenoxy) is 4. The van der Waals surface area contributed by atoms with Gasteiger partial charge in [-0.25, -0.2) is 13.4 Å². The van der Waals surface area contributed by atoms with Crippen molar-refractivity contribution >= 4 is 32.5 Å². The van der Waals surface area contributed by atoms with Crippen LogP contribution in [-0.4, -0.2) is 86.9 Å². The third kappa shape index (κ3) is 8.51. The lowest BCUT2D eigenvalue weighted by Crippen LogP contribution is -2.48. The number of carbonyl (C=O) groups is 1. The van der Waals surface area contributed by atoms with Crippen LogP contribution in [0.2, 0.25) is 0 Å². The molecule has 3 aromatic carbocycles. The Kier molecular flexibility index (Phi) is 10.5. The SMILES string of the molecule is COc1ccc(S(=O)(=O)Nc2ccc(Oc3ccc4cc(C(=O)N5CCN(Cc6ccc(OCC(F)(F)F)cc6)CC5)n(C)c4c3)nc2)cc1OC. The molecule has 0 spiro atoms. The topological polar surface area (TPSA) is 124 Å². The molecule has 0 aliphatic carbocycles. The van der Waals surface area contributed by atoms with E-state index in [4.69, 9.17) is 18.9 Å². The van der Waals surface area contributed by atoms with Crippen molar-refractivity contribution in [2.45, 2.75) is 17.6 Å². The number of fused-ring (bicyclic) bond motifs is 1. The lowest BCUT2D eigenvalue weighted by molar-refractivity contribution is -0.153. The molecule has 3 heterocycles. The number of alkyl halides is 3. The summed E-state index contributed by atoms with van der Waals surface area (Å²) in [7, 11) is 0.756. The smallest absolute Gasteiger partial charge is 0.422 e. The molecule has 52 heavy (non-hydrogen) atoms. The first kappa shape index (κ1) is 36.3. The van der Waals surface area contributed by atoms with Gasteiger partial charge in [0, 0.05) is 63.4 Å². The predicted octanol–water partition coefficient (Wildman–Crippen LogP) is 6.08. The number of hydrogen-bond acceptors (Lipinski definition) is 9. The van der Waals surface area contributed by atoms with Gasteiger partial charge in [0.2, 0.25) is 5.88 Å². The van der Waals surface area contributed by atoms with Crippen molar-refractivity contribution in [1.82, 2.24) is 19.4 Å². The number of aryl methyl sites for hydroxylation is 1. The number of rotatable bonds is 12. The van der Waals surface area contributed by atoms with Gasteiger partial charge in [0.1, 0.15) is 17.2 Å². The molecule has 0 atom stereocenters. The van der Waals surface area contributed by atoms with E-state index in [2.05, 4.69) is 14.6 Å². The molecule has 5 aromatic rings. The second-order valence-electron chi connectivity index (χ2n) is 12.0. The van der Waals surface area contributed by atoms with Gasteiger partial charge in [-0.3, -0.25) is 14.4 Å². The van der Waals surface area contributed by atoms with Gasteiger partial charge in [-0.2, -0.15) is 13.2 Å². The maximum absolute atomic E-state index is 13.6. The van der Waals surface area contributed by atoms with Crippen LogP contribution in [0.4, 0.5) is 18.9 Å². The molecule has 1 aliphatic heterocycles. The van der Waals surface area contributed by atoms with Crippen molar-refractivity contribution in [3.63, 3.8) is 0 Å². The van der Waals surface area contributed by atoms with E-state index in [0.717, 1.165) is 16.5 Å². The Balaban J connectivity index is 1.04. The number of amides is 1. The first-order valence-electron chi connectivity index (χ1n) is 16.1. The Bertz CT molecular complexity index is 2150. The number of benzene rings is 3. The molecule has 2 aromatic heterocycles. The maximum atomic E-state index is 13.6. The number of halogens is 3. The quantitative estimate of drug-likeness (QED) is 0.162. The molecule has 274 valence electrons. The molecule has 0 bridgehead atoms. The van der Waals surface area contributed by atoms with Gasteiger partial charge in [-0.05, 0) is 54.1 Å². The molecular formula is C36H36F3N5O7S. The molecule has 6 rings (SSSR count). The molecular weight excluding hydrogens is 703 g/mol. The molecule has 1 aliphatic rings. The Labute approximate surface area is 298 Å². The highest BCUT2D eigenvalue weighted by molar-refractivity contribution is 7.92. The summed E-state index contributed by atoms with van der Waals surface area (Å²) in [5.74, 6) is 1.46. The summed E-state index contributed by atoms with van der Waals surface area (Å²) in [5.41, 5.74) is 2.48. The fourth-order valence-corrected chi connectivity index (χ4v) is 6.84. The Hall–Kier alpha value is -5.48. The zero-order valence-corrected chi connectivity index (χ0v) is 29.3. The number of pyridine rings is 1. The molecule has 12 nitrogen and oxygen atoms in total. The molecule has 1 N–H and O–H groups in total. The molecule has 1 saturated heterocycles. The summed E-state index contributed by atoms with van der Waals surface area (Å²) < 4.78 is 88.6.